The Kier molecular flexibility index (Phi) is 5.17. The Balaban J connectivity index is 1.99. The lowest BCUT2D eigenvalue weighted by Crippen LogP contribution is -2.30. The molecule has 1 saturated carbocycles. The lowest BCUT2D eigenvalue weighted by molar-refractivity contribution is 0.516. The van der Waals surface area contributed by atoms with Crippen molar-refractivity contribution in [2.45, 2.75) is 57.1 Å². The van der Waals surface area contributed by atoms with E-state index in [1.54, 1.807) is 6.20 Å². The molecule has 0 saturated heterocycles. The van der Waals surface area contributed by atoms with E-state index in [9.17, 15) is 8.42 Å². The van der Waals surface area contributed by atoms with Gasteiger partial charge in [-0.2, -0.15) is 5.10 Å². The van der Waals surface area contributed by atoms with Gasteiger partial charge in [0.2, 0.25) is 0 Å². The van der Waals surface area contributed by atoms with E-state index in [1.165, 1.54) is 12.8 Å². The SMILES string of the molecule is CC(C)NCc1cn[nH]c1S(=O)(=O)NCC1CCCC1. The van der Waals surface area contributed by atoms with Gasteiger partial charge in [0.05, 0.1) is 6.20 Å². The standard InChI is InChI=1S/C13H24N4O2S/c1-10(2)14-8-12-9-15-17-13(12)20(18,19)16-7-11-5-3-4-6-11/h9-11,14,16H,3-8H2,1-2H3,(H,15,17). The molecule has 0 spiro atoms. The molecule has 1 heterocycles. The zero-order chi connectivity index (χ0) is 14.6. The van der Waals surface area contributed by atoms with Gasteiger partial charge in [-0.1, -0.05) is 26.7 Å². The average molecular weight is 300 g/mol. The van der Waals surface area contributed by atoms with Crippen LogP contribution in [-0.4, -0.2) is 31.2 Å². The largest absolute Gasteiger partial charge is 0.310 e. The number of aromatic nitrogens is 2. The average Bonchev–Trinajstić information content (AvgIpc) is 3.05. The van der Waals surface area contributed by atoms with Crippen molar-refractivity contribution in [3.63, 3.8) is 0 Å². The highest BCUT2D eigenvalue weighted by atomic mass is 32.2. The maximum atomic E-state index is 12.3. The van der Waals surface area contributed by atoms with Crippen molar-refractivity contribution in [1.29, 1.82) is 0 Å². The quantitative estimate of drug-likeness (QED) is 0.710. The maximum absolute atomic E-state index is 12.3. The molecular formula is C13H24N4O2S. The highest BCUT2D eigenvalue weighted by Crippen LogP contribution is 2.24. The van der Waals surface area contributed by atoms with Crippen LogP contribution in [0, 0.1) is 5.92 Å². The summed E-state index contributed by atoms with van der Waals surface area (Å²) in [5.41, 5.74) is 0.678. The maximum Gasteiger partial charge on any atom is 0.257 e. The van der Waals surface area contributed by atoms with Gasteiger partial charge in [-0.15, -0.1) is 0 Å². The van der Waals surface area contributed by atoms with Crippen molar-refractivity contribution in [3.8, 4) is 0 Å². The van der Waals surface area contributed by atoms with Gasteiger partial charge in [-0.25, -0.2) is 13.1 Å². The second-order valence-electron chi connectivity index (χ2n) is 5.76. The van der Waals surface area contributed by atoms with Crippen LogP contribution in [-0.2, 0) is 16.6 Å². The van der Waals surface area contributed by atoms with Crippen molar-refractivity contribution >= 4 is 10.0 Å². The first-order valence-corrected chi connectivity index (χ1v) is 8.72. The summed E-state index contributed by atoms with van der Waals surface area (Å²) in [5, 5.41) is 9.86. The number of sulfonamides is 1. The van der Waals surface area contributed by atoms with E-state index in [2.05, 4.69) is 20.2 Å². The molecule has 3 N–H and O–H groups in total. The molecule has 1 fully saturated rings. The van der Waals surface area contributed by atoms with Crippen molar-refractivity contribution < 1.29 is 8.42 Å². The molecule has 6 nitrogen and oxygen atoms in total. The summed E-state index contributed by atoms with van der Waals surface area (Å²) in [6.45, 7) is 5.06. The molecule has 1 aliphatic rings. The monoisotopic (exact) mass is 300 g/mol. The molecule has 0 bridgehead atoms. The van der Waals surface area contributed by atoms with Gasteiger partial charge in [0.25, 0.3) is 10.0 Å². The Bertz CT molecular complexity index is 518. The van der Waals surface area contributed by atoms with E-state index >= 15 is 0 Å². The summed E-state index contributed by atoms with van der Waals surface area (Å²) in [6.07, 6.45) is 6.22. The predicted octanol–water partition coefficient (Wildman–Crippen LogP) is 1.38. The van der Waals surface area contributed by atoms with Crippen LogP contribution in [0.4, 0.5) is 0 Å². The van der Waals surface area contributed by atoms with Crippen LogP contribution >= 0.6 is 0 Å². The molecular weight excluding hydrogens is 276 g/mol. The van der Waals surface area contributed by atoms with Gasteiger partial charge in [0.1, 0.15) is 0 Å². The summed E-state index contributed by atoms with van der Waals surface area (Å²) in [7, 11) is -3.49. The molecule has 0 amide bonds. The molecule has 1 aliphatic carbocycles. The van der Waals surface area contributed by atoms with Gasteiger partial charge in [0, 0.05) is 24.7 Å². The molecule has 20 heavy (non-hydrogen) atoms. The molecule has 0 radical (unpaired) electrons. The Morgan fingerprint density at radius 1 is 1.40 bits per heavy atom. The van der Waals surface area contributed by atoms with E-state index in [1.807, 2.05) is 13.8 Å². The minimum Gasteiger partial charge on any atom is -0.310 e. The minimum atomic E-state index is -3.49. The van der Waals surface area contributed by atoms with Crippen LogP contribution in [0.15, 0.2) is 11.2 Å². The molecule has 0 aliphatic heterocycles. The van der Waals surface area contributed by atoms with Gasteiger partial charge < -0.3 is 5.32 Å². The third-order valence-corrected chi connectivity index (χ3v) is 5.12. The summed E-state index contributed by atoms with van der Waals surface area (Å²) < 4.78 is 27.3. The van der Waals surface area contributed by atoms with Crippen LogP contribution in [0.2, 0.25) is 0 Å². The number of H-pyrrole nitrogens is 1. The Morgan fingerprint density at radius 3 is 2.75 bits per heavy atom. The Labute approximate surface area is 120 Å². The lowest BCUT2D eigenvalue weighted by Gasteiger charge is -2.12. The number of rotatable bonds is 7. The fourth-order valence-electron chi connectivity index (χ4n) is 2.49. The lowest BCUT2D eigenvalue weighted by atomic mass is 10.1. The number of hydrogen-bond acceptors (Lipinski definition) is 4. The highest BCUT2D eigenvalue weighted by molar-refractivity contribution is 7.89. The second-order valence-corrected chi connectivity index (χ2v) is 7.47. The smallest absolute Gasteiger partial charge is 0.257 e. The Morgan fingerprint density at radius 2 is 2.10 bits per heavy atom. The number of aromatic amines is 1. The molecule has 7 heteroatoms. The summed E-state index contributed by atoms with van der Waals surface area (Å²) in [4.78, 5) is 0. The van der Waals surface area contributed by atoms with Crippen LogP contribution in [0.25, 0.3) is 0 Å². The molecule has 1 aromatic heterocycles. The van der Waals surface area contributed by atoms with Crippen molar-refractivity contribution in [1.82, 2.24) is 20.2 Å². The van der Waals surface area contributed by atoms with Gasteiger partial charge in [-0.05, 0) is 18.8 Å². The summed E-state index contributed by atoms with van der Waals surface area (Å²) in [5.74, 6) is 0.477. The third-order valence-electron chi connectivity index (χ3n) is 3.68. The fourth-order valence-corrected chi connectivity index (χ4v) is 3.73. The van der Waals surface area contributed by atoms with Gasteiger partial charge in [0.15, 0.2) is 5.03 Å². The summed E-state index contributed by atoms with van der Waals surface area (Å²) >= 11 is 0. The zero-order valence-electron chi connectivity index (χ0n) is 12.1. The van der Waals surface area contributed by atoms with E-state index in [4.69, 9.17) is 0 Å². The normalized spacial score (nSPS) is 17.1. The first kappa shape index (κ1) is 15.5. The first-order valence-electron chi connectivity index (χ1n) is 7.24. The summed E-state index contributed by atoms with van der Waals surface area (Å²) in [6, 6.07) is 0.298. The van der Waals surface area contributed by atoms with Crippen LogP contribution in [0.1, 0.15) is 45.1 Å². The molecule has 2 rings (SSSR count). The predicted molar refractivity (Wildman–Crippen MR) is 77.7 cm³/mol. The number of hydrogen-bond donors (Lipinski definition) is 3. The highest BCUT2D eigenvalue weighted by Gasteiger charge is 2.23. The second kappa shape index (κ2) is 6.69. The minimum absolute atomic E-state index is 0.184. The van der Waals surface area contributed by atoms with Crippen LogP contribution in [0.5, 0.6) is 0 Å². The molecule has 1 aromatic rings. The van der Waals surface area contributed by atoms with Crippen molar-refractivity contribution in [3.05, 3.63) is 11.8 Å². The van der Waals surface area contributed by atoms with E-state index in [0.29, 0.717) is 30.6 Å². The van der Waals surface area contributed by atoms with E-state index in [0.717, 1.165) is 12.8 Å². The fraction of sp³-hybridized carbons (Fsp3) is 0.769. The number of nitrogens with one attached hydrogen (secondary N) is 3. The number of nitrogens with zero attached hydrogens (tertiary/aromatic N) is 1. The van der Waals surface area contributed by atoms with Crippen molar-refractivity contribution in [2.75, 3.05) is 6.54 Å². The topological polar surface area (TPSA) is 86.9 Å². The van der Waals surface area contributed by atoms with Gasteiger partial charge in [-0.3, -0.25) is 5.10 Å². The van der Waals surface area contributed by atoms with E-state index < -0.39 is 10.0 Å². The van der Waals surface area contributed by atoms with Crippen LogP contribution < -0.4 is 10.0 Å². The zero-order valence-corrected chi connectivity index (χ0v) is 13.0. The third kappa shape index (κ3) is 4.04. The van der Waals surface area contributed by atoms with Crippen LogP contribution in [0.3, 0.4) is 0 Å². The van der Waals surface area contributed by atoms with E-state index in [-0.39, 0.29) is 5.03 Å². The van der Waals surface area contributed by atoms with Gasteiger partial charge >= 0.3 is 0 Å². The first-order chi connectivity index (χ1) is 9.49. The molecule has 0 atom stereocenters. The molecule has 114 valence electrons. The molecule has 0 unspecified atom stereocenters. The van der Waals surface area contributed by atoms with Crippen molar-refractivity contribution in [2.24, 2.45) is 5.92 Å². The Hall–Kier alpha value is -0.920. The molecule has 0 aromatic carbocycles.